The van der Waals surface area contributed by atoms with Gasteiger partial charge in [-0.15, -0.1) is 0 Å². The zero-order valence-electron chi connectivity index (χ0n) is 16.5. The standard InChI is InChI=1S/C21H27N3O3S/c1-15-9-10-19(12-16(15)2)23-20-7-5-11-24(14-20)28(26,27)21-8-4-6-18(13-21)22-17(3)25/h4,6,8-10,12-13,20,23H,5,7,11,14H2,1-3H3,(H,22,25). The number of benzene rings is 2. The molecule has 2 N–H and O–H groups in total. The summed E-state index contributed by atoms with van der Waals surface area (Å²) in [6, 6.07) is 12.7. The van der Waals surface area contributed by atoms with Crippen LogP contribution in [0.3, 0.4) is 0 Å². The topological polar surface area (TPSA) is 78.5 Å². The summed E-state index contributed by atoms with van der Waals surface area (Å²) in [6.07, 6.45) is 1.72. The van der Waals surface area contributed by atoms with Crippen LogP contribution in [0.2, 0.25) is 0 Å². The van der Waals surface area contributed by atoms with E-state index in [4.69, 9.17) is 0 Å². The van der Waals surface area contributed by atoms with Crippen molar-refractivity contribution in [2.24, 2.45) is 0 Å². The van der Waals surface area contributed by atoms with Gasteiger partial charge >= 0.3 is 0 Å². The van der Waals surface area contributed by atoms with Crippen molar-refractivity contribution >= 4 is 27.3 Å². The van der Waals surface area contributed by atoms with Crippen LogP contribution in [0.4, 0.5) is 11.4 Å². The van der Waals surface area contributed by atoms with E-state index in [0.29, 0.717) is 18.8 Å². The van der Waals surface area contributed by atoms with E-state index in [-0.39, 0.29) is 16.8 Å². The number of nitrogens with one attached hydrogen (secondary N) is 2. The Morgan fingerprint density at radius 1 is 1.07 bits per heavy atom. The molecule has 1 aliphatic heterocycles. The average Bonchev–Trinajstić information content (AvgIpc) is 2.65. The number of hydrogen-bond acceptors (Lipinski definition) is 4. The number of carbonyl (C=O) groups excluding carboxylic acids is 1. The molecule has 7 heteroatoms. The highest BCUT2D eigenvalue weighted by molar-refractivity contribution is 7.89. The molecule has 2 aromatic carbocycles. The Balaban J connectivity index is 1.75. The molecule has 2 aromatic rings. The van der Waals surface area contributed by atoms with E-state index in [0.717, 1.165) is 18.5 Å². The molecule has 1 amide bonds. The molecule has 1 aliphatic rings. The van der Waals surface area contributed by atoms with E-state index in [1.54, 1.807) is 18.2 Å². The molecule has 1 fully saturated rings. The van der Waals surface area contributed by atoms with Gasteiger partial charge in [-0.25, -0.2) is 8.42 Å². The maximum Gasteiger partial charge on any atom is 0.243 e. The zero-order valence-corrected chi connectivity index (χ0v) is 17.3. The molecule has 150 valence electrons. The molecule has 0 radical (unpaired) electrons. The summed E-state index contributed by atoms with van der Waals surface area (Å²) in [4.78, 5) is 11.5. The van der Waals surface area contributed by atoms with Crippen LogP contribution in [0.25, 0.3) is 0 Å². The van der Waals surface area contributed by atoms with Gasteiger partial charge < -0.3 is 10.6 Å². The van der Waals surface area contributed by atoms with Gasteiger partial charge in [0.05, 0.1) is 4.90 Å². The SMILES string of the molecule is CC(=O)Nc1cccc(S(=O)(=O)N2CCCC(Nc3ccc(C)c(C)c3)C2)c1. The monoisotopic (exact) mass is 401 g/mol. The molecule has 28 heavy (non-hydrogen) atoms. The van der Waals surface area contributed by atoms with Crippen molar-refractivity contribution in [3.05, 3.63) is 53.6 Å². The molecule has 0 saturated carbocycles. The fourth-order valence-electron chi connectivity index (χ4n) is 3.43. The number of carbonyl (C=O) groups is 1. The lowest BCUT2D eigenvalue weighted by molar-refractivity contribution is -0.114. The van der Waals surface area contributed by atoms with Gasteiger partial charge in [-0.05, 0) is 68.1 Å². The number of nitrogens with zero attached hydrogens (tertiary/aromatic N) is 1. The van der Waals surface area contributed by atoms with Gasteiger partial charge in [-0.1, -0.05) is 12.1 Å². The third-order valence-electron chi connectivity index (χ3n) is 5.05. The summed E-state index contributed by atoms with van der Waals surface area (Å²) in [5.41, 5.74) is 3.94. The molecule has 1 saturated heterocycles. The summed E-state index contributed by atoms with van der Waals surface area (Å²) in [7, 11) is -3.62. The number of hydrogen-bond donors (Lipinski definition) is 2. The Bertz CT molecular complexity index is 973. The minimum absolute atomic E-state index is 0.0594. The van der Waals surface area contributed by atoms with Gasteiger partial charge in [0.15, 0.2) is 0 Å². The molecule has 6 nitrogen and oxygen atoms in total. The van der Waals surface area contributed by atoms with Crippen LogP contribution >= 0.6 is 0 Å². The van der Waals surface area contributed by atoms with E-state index >= 15 is 0 Å². The third kappa shape index (κ3) is 4.72. The number of piperidine rings is 1. The van der Waals surface area contributed by atoms with Crippen LogP contribution in [-0.2, 0) is 14.8 Å². The molecular weight excluding hydrogens is 374 g/mol. The summed E-state index contributed by atoms with van der Waals surface area (Å²) >= 11 is 0. The van der Waals surface area contributed by atoms with Crippen LogP contribution in [0.5, 0.6) is 0 Å². The lowest BCUT2D eigenvalue weighted by atomic mass is 10.1. The van der Waals surface area contributed by atoms with Crippen molar-refractivity contribution in [2.45, 2.75) is 44.6 Å². The number of anilines is 2. The molecule has 1 heterocycles. The Hall–Kier alpha value is -2.38. The largest absolute Gasteiger partial charge is 0.381 e. The van der Waals surface area contributed by atoms with Crippen molar-refractivity contribution in [3.63, 3.8) is 0 Å². The lowest BCUT2D eigenvalue weighted by Gasteiger charge is -2.33. The Morgan fingerprint density at radius 3 is 2.57 bits per heavy atom. The minimum Gasteiger partial charge on any atom is -0.381 e. The van der Waals surface area contributed by atoms with Gasteiger partial charge in [0.2, 0.25) is 15.9 Å². The average molecular weight is 402 g/mol. The van der Waals surface area contributed by atoms with Gasteiger partial charge in [0.25, 0.3) is 0 Å². The van der Waals surface area contributed by atoms with Crippen molar-refractivity contribution in [2.75, 3.05) is 23.7 Å². The quantitative estimate of drug-likeness (QED) is 0.803. The predicted octanol–water partition coefficient (Wildman–Crippen LogP) is 3.53. The fraction of sp³-hybridized carbons (Fsp3) is 0.381. The highest BCUT2D eigenvalue weighted by Gasteiger charge is 2.30. The Labute approximate surface area is 167 Å². The minimum atomic E-state index is -3.62. The first-order chi connectivity index (χ1) is 13.3. The van der Waals surface area contributed by atoms with Crippen LogP contribution < -0.4 is 10.6 Å². The molecule has 3 rings (SSSR count). The van der Waals surface area contributed by atoms with Crippen LogP contribution in [0.1, 0.15) is 30.9 Å². The second-order valence-electron chi connectivity index (χ2n) is 7.35. The highest BCUT2D eigenvalue weighted by Crippen LogP contribution is 2.25. The molecule has 0 spiro atoms. The maximum atomic E-state index is 13.1. The van der Waals surface area contributed by atoms with E-state index in [2.05, 4.69) is 36.6 Å². The molecule has 0 aromatic heterocycles. The first-order valence-corrected chi connectivity index (χ1v) is 10.9. The molecular formula is C21H27N3O3S. The maximum absolute atomic E-state index is 13.1. The van der Waals surface area contributed by atoms with Gasteiger partial charge in [-0.3, -0.25) is 4.79 Å². The van der Waals surface area contributed by atoms with E-state index in [1.807, 2.05) is 6.07 Å². The molecule has 0 aliphatic carbocycles. The van der Waals surface area contributed by atoms with Crippen molar-refractivity contribution in [1.29, 1.82) is 0 Å². The first kappa shape index (κ1) is 20.4. The zero-order chi connectivity index (χ0) is 20.3. The number of amides is 1. The van der Waals surface area contributed by atoms with Gasteiger partial charge in [0.1, 0.15) is 0 Å². The Kier molecular flexibility index (Phi) is 6.05. The van der Waals surface area contributed by atoms with E-state index in [1.165, 1.54) is 28.4 Å². The smallest absolute Gasteiger partial charge is 0.243 e. The predicted molar refractivity (Wildman–Crippen MR) is 112 cm³/mol. The Morgan fingerprint density at radius 2 is 1.86 bits per heavy atom. The second kappa shape index (κ2) is 8.32. The summed E-state index contributed by atoms with van der Waals surface area (Å²) in [5.74, 6) is -0.231. The molecule has 0 bridgehead atoms. The number of aryl methyl sites for hydroxylation is 2. The fourth-order valence-corrected chi connectivity index (χ4v) is 5.00. The van der Waals surface area contributed by atoms with Crippen LogP contribution in [0.15, 0.2) is 47.4 Å². The van der Waals surface area contributed by atoms with Crippen molar-refractivity contribution in [1.82, 2.24) is 4.31 Å². The van der Waals surface area contributed by atoms with Crippen LogP contribution in [0, 0.1) is 13.8 Å². The van der Waals surface area contributed by atoms with E-state index < -0.39 is 10.0 Å². The van der Waals surface area contributed by atoms with E-state index in [9.17, 15) is 13.2 Å². The summed E-state index contributed by atoms with van der Waals surface area (Å²) < 4.78 is 27.7. The normalized spacial score (nSPS) is 17.9. The molecule has 1 atom stereocenters. The summed E-state index contributed by atoms with van der Waals surface area (Å²) in [6.45, 7) is 6.45. The van der Waals surface area contributed by atoms with Crippen LogP contribution in [-0.4, -0.2) is 37.8 Å². The van der Waals surface area contributed by atoms with Crippen molar-refractivity contribution < 1.29 is 13.2 Å². The summed E-state index contributed by atoms with van der Waals surface area (Å²) in [5, 5.41) is 6.11. The molecule has 1 unspecified atom stereocenters. The second-order valence-corrected chi connectivity index (χ2v) is 9.29. The number of sulfonamides is 1. The number of rotatable bonds is 5. The van der Waals surface area contributed by atoms with Gasteiger partial charge in [-0.2, -0.15) is 4.31 Å². The lowest BCUT2D eigenvalue weighted by Crippen LogP contribution is -2.45. The van der Waals surface area contributed by atoms with Crippen molar-refractivity contribution in [3.8, 4) is 0 Å². The third-order valence-corrected chi connectivity index (χ3v) is 6.92. The highest BCUT2D eigenvalue weighted by atomic mass is 32.2. The first-order valence-electron chi connectivity index (χ1n) is 9.47. The van der Waals surface area contributed by atoms with Gasteiger partial charge in [0, 0.05) is 37.4 Å².